The fourth-order valence-corrected chi connectivity index (χ4v) is 2.57. The highest BCUT2D eigenvalue weighted by Crippen LogP contribution is 2.18. The Morgan fingerprint density at radius 3 is 2.52 bits per heavy atom. The third kappa shape index (κ3) is 9.58. The summed E-state index contributed by atoms with van der Waals surface area (Å²) in [5, 5.41) is 10.6. The predicted octanol–water partition coefficient (Wildman–Crippen LogP) is 3.69. The van der Waals surface area contributed by atoms with Crippen molar-refractivity contribution in [3.8, 4) is 11.5 Å². The number of nitrogens with one attached hydrogen (secondary N) is 2. The lowest BCUT2D eigenvalue weighted by molar-refractivity contribution is 0.108. The summed E-state index contributed by atoms with van der Waals surface area (Å²) in [7, 11) is 1.79. The molecule has 0 saturated heterocycles. The summed E-state index contributed by atoms with van der Waals surface area (Å²) in [4.78, 5) is 8.61. The summed E-state index contributed by atoms with van der Waals surface area (Å²) >= 11 is 0. The summed E-state index contributed by atoms with van der Waals surface area (Å²) in [6.45, 7) is 9.57. The van der Waals surface area contributed by atoms with E-state index in [1.165, 1.54) is 5.56 Å². The lowest BCUT2D eigenvalue weighted by Crippen LogP contribution is -2.39. The molecule has 0 spiro atoms. The lowest BCUT2D eigenvalue weighted by atomic mass is 10.1. The van der Waals surface area contributed by atoms with Crippen molar-refractivity contribution in [2.45, 2.75) is 40.0 Å². The number of nitrogens with zero attached hydrogens (tertiary/aromatic N) is 3. The van der Waals surface area contributed by atoms with Crippen LogP contribution in [0.15, 0.2) is 33.8 Å². The molecular weight excluding hydrogens is 481 g/mol. The van der Waals surface area contributed by atoms with Crippen LogP contribution in [0, 0.1) is 5.92 Å². The monoisotopic (exact) mass is 515 g/mol. The van der Waals surface area contributed by atoms with Gasteiger partial charge in [-0.25, -0.2) is 0 Å². The number of rotatable bonds is 11. The Bertz CT molecular complexity index is 716. The van der Waals surface area contributed by atoms with Gasteiger partial charge in [0.15, 0.2) is 11.8 Å². The van der Waals surface area contributed by atoms with Crippen molar-refractivity contribution >= 4 is 29.9 Å². The molecular formula is C21H34IN5O2. The van der Waals surface area contributed by atoms with Crippen LogP contribution in [0.3, 0.4) is 0 Å². The molecule has 0 unspecified atom stereocenters. The number of aryl methyl sites for hydroxylation is 1. The molecule has 2 aromatic rings. The molecule has 1 aromatic heterocycles. The van der Waals surface area contributed by atoms with Crippen molar-refractivity contribution in [3.63, 3.8) is 0 Å². The molecule has 0 saturated carbocycles. The van der Waals surface area contributed by atoms with Crippen LogP contribution in [0.4, 0.5) is 0 Å². The van der Waals surface area contributed by atoms with Gasteiger partial charge < -0.3 is 19.9 Å². The van der Waals surface area contributed by atoms with Crippen molar-refractivity contribution in [2.75, 3.05) is 33.4 Å². The van der Waals surface area contributed by atoms with Crippen LogP contribution in [-0.4, -0.2) is 49.5 Å². The van der Waals surface area contributed by atoms with Gasteiger partial charge in [-0.15, -0.1) is 24.0 Å². The molecule has 162 valence electrons. The van der Waals surface area contributed by atoms with Crippen LogP contribution < -0.4 is 10.6 Å². The smallest absolute Gasteiger partial charge is 0.257 e. The van der Waals surface area contributed by atoms with E-state index in [2.05, 4.69) is 51.7 Å². The van der Waals surface area contributed by atoms with Crippen molar-refractivity contribution in [1.29, 1.82) is 0 Å². The van der Waals surface area contributed by atoms with E-state index in [9.17, 15) is 0 Å². The first-order chi connectivity index (χ1) is 13.6. The molecule has 0 radical (unpaired) electrons. The maximum atomic E-state index is 5.58. The third-order valence-corrected chi connectivity index (χ3v) is 4.12. The van der Waals surface area contributed by atoms with E-state index in [0.717, 1.165) is 62.9 Å². The summed E-state index contributed by atoms with van der Waals surface area (Å²) in [5.41, 5.74) is 2.19. The number of benzene rings is 1. The standard InChI is InChI=1S/C21H33N5O2.HI/c1-5-19-25-20(28-26-19)18-9-7-17(8-10-18)11-13-24-21(22-4)23-12-6-14-27-15-16(2)3;/h7-10,16H,5-6,11-15H2,1-4H3,(H2,22,23,24);1H. The van der Waals surface area contributed by atoms with Gasteiger partial charge in [0.05, 0.1) is 0 Å². The van der Waals surface area contributed by atoms with Gasteiger partial charge in [0.1, 0.15) is 0 Å². The van der Waals surface area contributed by atoms with Crippen LogP contribution in [-0.2, 0) is 17.6 Å². The quantitative estimate of drug-likeness (QED) is 0.206. The van der Waals surface area contributed by atoms with Gasteiger partial charge in [0.25, 0.3) is 5.89 Å². The van der Waals surface area contributed by atoms with Crippen molar-refractivity contribution in [1.82, 2.24) is 20.8 Å². The summed E-state index contributed by atoms with van der Waals surface area (Å²) in [6, 6.07) is 8.23. The normalized spacial score (nSPS) is 11.4. The number of ether oxygens (including phenoxy) is 1. The second kappa shape index (κ2) is 14.3. The van der Waals surface area contributed by atoms with Crippen LogP contribution >= 0.6 is 24.0 Å². The zero-order valence-corrected chi connectivity index (χ0v) is 20.2. The first-order valence-corrected chi connectivity index (χ1v) is 10.1. The van der Waals surface area contributed by atoms with E-state index in [1.807, 2.05) is 19.1 Å². The summed E-state index contributed by atoms with van der Waals surface area (Å²) in [5.74, 6) is 2.70. The van der Waals surface area contributed by atoms with Crippen LogP contribution in [0.25, 0.3) is 11.5 Å². The van der Waals surface area contributed by atoms with Gasteiger partial charge in [0.2, 0.25) is 0 Å². The Labute approximate surface area is 191 Å². The van der Waals surface area contributed by atoms with Gasteiger partial charge in [0, 0.05) is 45.3 Å². The molecule has 0 amide bonds. The van der Waals surface area contributed by atoms with Crippen LogP contribution in [0.5, 0.6) is 0 Å². The molecule has 7 nitrogen and oxygen atoms in total. The number of aliphatic imine (C=N–C) groups is 1. The molecule has 0 aliphatic rings. The van der Waals surface area contributed by atoms with E-state index in [4.69, 9.17) is 9.26 Å². The molecule has 0 fully saturated rings. The molecule has 8 heteroatoms. The highest BCUT2D eigenvalue weighted by Gasteiger charge is 2.07. The molecule has 1 heterocycles. The number of aromatic nitrogens is 2. The highest BCUT2D eigenvalue weighted by molar-refractivity contribution is 14.0. The van der Waals surface area contributed by atoms with Gasteiger partial charge in [-0.2, -0.15) is 4.98 Å². The Hall–Kier alpha value is -1.68. The zero-order chi connectivity index (χ0) is 20.2. The Morgan fingerprint density at radius 2 is 1.90 bits per heavy atom. The minimum atomic E-state index is 0. The maximum Gasteiger partial charge on any atom is 0.257 e. The molecule has 2 rings (SSSR count). The van der Waals surface area contributed by atoms with E-state index < -0.39 is 0 Å². The molecule has 0 aliphatic carbocycles. The SMILES string of the molecule is CCc1noc(-c2ccc(CCNC(=NC)NCCCOCC(C)C)cc2)n1.I. The predicted molar refractivity (Wildman–Crippen MR) is 128 cm³/mol. The van der Waals surface area contributed by atoms with Crippen LogP contribution in [0.1, 0.15) is 38.6 Å². The highest BCUT2D eigenvalue weighted by atomic mass is 127. The number of hydrogen-bond acceptors (Lipinski definition) is 5. The Balaban J connectivity index is 0.00000420. The van der Waals surface area contributed by atoms with Crippen molar-refractivity contribution in [2.24, 2.45) is 10.9 Å². The van der Waals surface area contributed by atoms with E-state index in [1.54, 1.807) is 7.05 Å². The second-order valence-electron chi connectivity index (χ2n) is 7.06. The fraction of sp³-hybridized carbons (Fsp3) is 0.571. The number of guanidine groups is 1. The molecule has 29 heavy (non-hydrogen) atoms. The topological polar surface area (TPSA) is 84.6 Å². The minimum absolute atomic E-state index is 0. The van der Waals surface area contributed by atoms with Gasteiger partial charge in [-0.1, -0.05) is 38.1 Å². The average molecular weight is 515 g/mol. The molecule has 0 atom stereocenters. The van der Waals surface area contributed by atoms with E-state index in [0.29, 0.717) is 11.8 Å². The Kier molecular flexibility index (Phi) is 12.5. The molecule has 2 N–H and O–H groups in total. The fourth-order valence-electron chi connectivity index (χ4n) is 2.57. The first kappa shape index (κ1) is 25.4. The molecule has 0 aliphatic heterocycles. The Morgan fingerprint density at radius 1 is 1.17 bits per heavy atom. The van der Waals surface area contributed by atoms with E-state index in [-0.39, 0.29) is 24.0 Å². The van der Waals surface area contributed by atoms with Gasteiger partial charge >= 0.3 is 0 Å². The molecule has 0 bridgehead atoms. The minimum Gasteiger partial charge on any atom is -0.381 e. The van der Waals surface area contributed by atoms with E-state index >= 15 is 0 Å². The van der Waals surface area contributed by atoms with Gasteiger partial charge in [-0.05, 0) is 36.5 Å². The lowest BCUT2D eigenvalue weighted by Gasteiger charge is -2.12. The number of hydrogen-bond donors (Lipinski definition) is 2. The van der Waals surface area contributed by atoms with Crippen molar-refractivity contribution < 1.29 is 9.26 Å². The summed E-state index contributed by atoms with van der Waals surface area (Å²) < 4.78 is 10.9. The van der Waals surface area contributed by atoms with Gasteiger partial charge in [-0.3, -0.25) is 4.99 Å². The second-order valence-corrected chi connectivity index (χ2v) is 7.06. The third-order valence-electron chi connectivity index (χ3n) is 4.12. The van der Waals surface area contributed by atoms with Crippen LogP contribution in [0.2, 0.25) is 0 Å². The summed E-state index contributed by atoms with van der Waals surface area (Å²) in [6.07, 6.45) is 2.64. The average Bonchev–Trinajstić information content (AvgIpc) is 3.18. The largest absolute Gasteiger partial charge is 0.381 e. The maximum absolute atomic E-state index is 5.58. The first-order valence-electron chi connectivity index (χ1n) is 10.1. The number of halogens is 1. The zero-order valence-electron chi connectivity index (χ0n) is 17.9. The van der Waals surface area contributed by atoms with Crippen molar-refractivity contribution in [3.05, 3.63) is 35.7 Å². The molecule has 1 aromatic carbocycles.